The summed E-state index contributed by atoms with van der Waals surface area (Å²) in [4.78, 5) is 14.3. The van der Waals surface area contributed by atoms with E-state index in [0.717, 1.165) is 10.8 Å². The van der Waals surface area contributed by atoms with Crippen LogP contribution in [-0.4, -0.2) is 34.6 Å². The van der Waals surface area contributed by atoms with E-state index in [-0.39, 0.29) is 10.6 Å². The fourth-order valence-corrected chi connectivity index (χ4v) is 3.62. The van der Waals surface area contributed by atoms with Crippen LogP contribution in [0.1, 0.15) is 6.92 Å². The molecule has 0 heterocycles. The van der Waals surface area contributed by atoms with Gasteiger partial charge in [0.1, 0.15) is 5.75 Å². The van der Waals surface area contributed by atoms with Crippen LogP contribution in [-0.2, 0) is 14.8 Å². The van der Waals surface area contributed by atoms with E-state index in [0.29, 0.717) is 11.5 Å². The lowest BCUT2D eigenvalue weighted by Crippen LogP contribution is -2.47. The van der Waals surface area contributed by atoms with Crippen molar-refractivity contribution in [3.63, 3.8) is 0 Å². The minimum atomic E-state index is -4.02. The number of hydrogen-bond acceptors (Lipinski definition) is 6. The Morgan fingerprint density at radius 3 is 2.30 bits per heavy atom. The van der Waals surface area contributed by atoms with Gasteiger partial charge in [0, 0.05) is 6.07 Å². The van der Waals surface area contributed by atoms with Gasteiger partial charge in [-0.25, -0.2) is 8.42 Å². The zero-order valence-electron chi connectivity index (χ0n) is 16.7. The summed E-state index contributed by atoms with van der Waals surface area (Å²) < 4.78 is 40.8. The maximum Gasteiger partial charge on any atom is 0.275 e. The van der Waals surface area contributed by atoms with Crippen molar-refractivity contribution in [3.8, 4) is 17.2 Å². The first-order valence-corrected chi connectivity index (χ1v) is 10.5. The van der Waals surface area contributed by atoms with Crippen LogP contribution in [0.2, 0.25) is 0 Å². The summed E-state index contributed by atoms with van der Waals surface area (Å²) >= 11 is 0. The Morgan fingerprint density at radius 1 is 0.900 bits per heavy atom. The lowest BCUT2D eigenvalue weighted by atomic mass is 10.1. The largest absolute Gasteiger partial charge is 0.493 e. The van der Waals surface area contributed by atoms with Gasteiger partial charge in [-0.05, 0) is 42.0 Å². The van der Waals surface area contributed by atoms with Crippen LogP contribution in [0.4, 0.5) is 0 Å². The topological polar surface area (TPSA) is 103 Å². The number of benzene rings is 3. The molecule has 0 radical (unpaired) electrons. The van der Waals surface area contributed by atoms with Crippen LogP contribution in [0.15, 0.2) is 65.6 Å². The highest BCUT2D eigenvalue weighted by Crippen LogP contribution is 2.29. The van der Waals surface area contributed by atoms with Crippen molar-refractivity contribution in [2.24, 2.45) is 0 Å². The van der Waals surface area contributed by atoms with Gasteiger partial charge in [0.15, 0.2) is 17.6 Å². The average molecular weight is 430 g/mol. The van der Waals surface area contributed by atoms with Crippen molar-refractivity contribution in [2.75, 3.05) is 14.2 Å². The van der Waals surface area contributed by atoms with E-state index in [2.05, 4.69) is 10.3 Å². The zero-order chi connectivity index (χ0) is 21.7. The third-order valence-electron chi connectivity index (χ3n) is 4.38. The number of rotatable bonds is 8. The Balaban J connectivity index is 1.64. The Morgan fingerprint density at radius 2 is 1.60 bits per heavy atom. The average Bonchev–Trinajstić information content (AvgIpc) is 2.76. The van der Waals surface area contributed by atoms with Crippen molar-refractivity contribution in [2.45, 2.75) is 17.9 Å². The predicted octanol–water partition coefficient (Wildman–Crippen LogP) is 2.63. The number of carbonyl (C=O) groups is 1. The van der Waals surface area contributed by atoms with Gasteiger partial charge in [0.2, 0.25) is 0 Å². The minimum absolute atomic E-state index is 0.0939. The molecule has 8 nitrogen and oxygen atoms in total. The summed E-state index contributed by atoms with van der Waals surface area (Å²) in [6, 6.07) is 17.3. The molecule has 3 rings (SSSR count). The molecule has 0 aliphatic heterocycles. The van der Waals surface area contributed by atoms with E-state index in [4.69, 9.17) is 14.2 Å². The molecule has 1 atom stereocenters. The summed E-state index contributed by atoms with van der Waals surface area (Å²) in [5, 5.41) is 2.02. The molecule has 9 heteroatoms. The van der Waals surface area contributed by atoms with Crippen LogP contribution >= 0.6 is 0 Å². The molecule has 158 valence electrons. The van der Waals surface area contributed by atoms with E-state index in [9.17, 15) is 13.2 Å². The monoisotopic (exact) mass is 430 g/mol. The normalized spacial score (nSPS) is 12.2. The number of methoxy groups -OCH3 is 2. The van der Waals surface area contributed by atoms with Crippen molar-refractivity contribution >= 4 is 26.7 Å². The van der Waals surface area contributed by atoms with Crippen molar-refractivity contribution in [1.29, 1.82) is 0 Å². The minimum Gasteiger partial charge on any atom is -0.493 e. The van der Waals surface area contributed by atoms with Gasteiger partial charge in [-0.1, -0.05) is 30.3 Å². The van der Waals surface area contributed by atoms with Gasteiger partial charge < -0.3 is 14.2 Å². The van der Waals surface area contributed by atoms with Crippen molar-refractivity contribution < 1.29 is 27.4 Å². The lowest BCUT2D eigenvalue weighted by Gasteiger charge is -2.16. The number of nitrogens with one attached hydrogen (secondary N) is 2. The number of carbonyl (C=O) groups excluding carboxylic acids is 1. The summed E-state index contributed by atoms with van der Waals surface area (Å²) in [6.07, 6.45) is -0.931. The third-order valence-corrected chi connectivity index (χ3v) is 5.62. The second kappa shape index (κ2) is 9.02. The molecule has 3 aromatic carbocycles. The van der Waals surface area contributed by atoms with Crippen LogP contribution in [0.5, 0.6) is 17.2 Å². The highest BCUT2D eigenvalue weighted by atomic mass is 32.2. The summed E-state index contributed by atoms with van der Waals surface area (Å²) in [7, 11) is -1.18. The summed E-state index contributed by atoms with van der Waals surface area (Å²) in [5.74, 6) is 0.490. The first-order chi connectivity index (χ1) is 14.3. The van der Waals surface area contributed by atoms with Gasteiger partial charge in [0.05, 0.1) is 19.1 Å². The second-order valence-corrected chi connectivity index (χ2v) is 8.06. The Kier molecular flexibility index (Phi) is 6.43. The fraction of sp³-hybridized carbons (Fsp3) is 0.190. The van der Waals surface area contributed by atoms with Crippen LogP contribution in [0, 0.1) is 0 Å². The quantitative estimate of drug-likeness (QED) is 0.533. The number of ether oxygens (including phenoxy) is 3. The number of sulfonamides is 1. The maximum atomic E-state index is 12.5. The molecule has 0 saturated heterocycles. The Bertz CT molecular complexity index is 1160. The van der Waals surface area contributed by atoms with E-state index >= 15 is 0 Å². The summed E-state index contributed by atoms with van der Waals surface area (Å²) in [5.41, 5.74) is 2.17. The van der Waals surface area contributed by atoms with Crippen molar-refractivity contribution in [1.82, 2.24) is 10.3 Å². The van der Waals surface area contributed by atoms with Gasteiger partial charge in [-0.2, -0.15) is 0 Å². The number of amides is 1. The highest BCUT2D eigenvalue weighted by molar-refractivity contribution is 7.89. The van der Waals surface area contributed by atoms with Crippen LogP contribution < -0.4 is 24.5 Å². The van der Waals surface area contributed by atoms with E-state index in [1.54, 1.807) is 6.07 Å². The smallest absolute Gasteiger partial charge is 0.275 e. The molecule has 1 amide bonds. The molecular formula is C21H22N2O6S. The molecule has 3 aromatic rings. The second-order valence-electron chi connectivity index (χ2n) is 6.38. The predicted molar refractivity (Wildman–Crippen MR) is 112 cm³/mol. The fourth-order valence-electron chi connectivity index (χ4n) is 2.76. The molecule has 0 spiro atoms. The highest BCUT2D eigenvalue weighted by Gasteiger charge is 2.21. The Hall–Kier alpha value is -3.30. The molecule has 0 fully saturated rings. The van der Waals surface area contributed by atoms with Gasteiger partial charge >= 0.3 is 0 Å². The van der Waals surface area contributed by atoms with Crippen molar-refractivity contribution in [3.05, 3.63) is 60.7 Å². The Labute approximate surface area is 174 Å². The third kappa shape index (κ3) is 4.81. The molecular weight excluding hydrogens is 408 g/mol. The standard InChI is InChI=1S/C21H22N2O6S/c1-14(29-17-9-8-15-6-4-5-7-16(15)12-17)21(24)22-23-30(25,26)18-10-11-19(27-2)20(13-18)28-3/h4-14,23H,1-3H3,(H,22,24)/t14-/m1/s1. The van der Waals surface area contributed by atoms with E-state index in [1.165, 1.54) is 39.3 Å². The van der Waals surface area contributed by atoms with Gasteiger partial charge in [-0.3, -0.25) is 10.2 Å². The molecule has 0 bridgehead atoms. The van der Waals surface area contributed by atoms with E-state index < -0.39 is 22.0 Å². The van der Waals surface area contributed by atoms with Gasteiger partial charge in [0.25, 0.3) is 15.9 Å². The maximum absolute atomic E-state index is 12.5. The number of hydrogen-bond donors (Lipinski definition) is 2. The molecule has 0 aromatic heterocycles. The zero-order valence-corrected chi connectivity index (χ0v) is 17.5. The number of fused-ring (bicyclic) bond motifs is 1. The first-order valence-electron chi connectivity index (χ1n) is 9.03. The van der Waals surface area contributed by atoms with Gasteiger partial charge in [-0.15, -0.1) is 4.83 Å². The first kappa shape index (κ1) is 21.4. The van der Waals surface area contributed by atoms with E-state index in [1.807, 2.05) is 36.4 Å². The SMILES string of the molecule is COc1ccc(S(=O)(=O)NNC(=O)[C@@H](C)Oc2ccc3ccccc3c2)cc1OC. The van der Waals surface area contributed by atoms with Crippen LogP contribution in [0.3, 0.4) is 0 Å². The lowest BCUT2D eigenvalue weighted by molar-refractivity contribution is -0.127. The molecule has 0 aliphatic carbocycles. The van der Waals surface area contributed by atoms with Crippen LogP contribution in [0.25, 0.3) is 10.8 Å². The molecule has 0 saturated carbocycles. The molecule has 2 N–H and O–H groups in total. The molecule has 30 heavy (non-hydrogen) atoms. The molecule has 0 aliphatic rings. The summed E-state index contributed by atoms with van der Waals surface area (Å²) in [6.45, 7) is 1.52. The molecule has 0 unspecified atom stereocenters. The number of hydrazine groups is 1.